The molecular weight excluding hydrogens is 480 g/mol. The number of pyridine rings is 1. The second kappa shape index (κ2) is 10.2. The Bertz CT molecular complexity index is 1390. The van der Waals surface area contributed by atoms with Crippen molar-refractivity contribution in [2.75, 3.05) is 11.9 Å². The largest absolute Gasteiger partial charge is 0.352 e. The van der Waals surface area contributed by atoms with E-state index < -0.39 is 5.82 Å². The Morgan fingerprint density at radius 1 is 0.972 bits per heavy atom. The first-order valence-electron chi connectivity index (χ1n) is 11.5. The second-order valence-corrected chi connectivity index (χ2v) is 8.74. The average molecular weight is 504 g/mol. The molecule has 2 aromatic carbocycles. The number of para-hydroxylation sites is 2. The van der Waals surface area contributed by atoms with E-state index >= 15 is 0 Å². The van der Waals surface area contributed by atoms with Crippen molar-refractivity contribution in [3.8, 4) is 5.69 Å². The van der Waals surface area contributed by atoms with E-state index in [1.807, 2.05) is 35.2 Å². The van der Waals surface area contributed by atoms with Crippen LogP contribution in [0.2, 0.25) is 0 Å². The predicted molar refractivity (Wildman–Crippen MR) is 138 cm³/mol. The fourth-order valence-corrected chi connectivity index (χ4v) is 4.80. The molecule has 0 radical (unpaired) electrons. The number of nitrogens with zero attached hydrogens (tertiary/aromatic N) is 3. The van der Waals surface area contributed by atoms with Gasteiger partial charge in [-0.3, -0.25) is 9.78 Å². The van der Waals surface area contributed by atoms with Crippen molar-refractivity contribution in [1.82, 2.24) is 19.8 Å². The zero-order valence-corrected chi connectivity index (χ0v) is 20.0. The molecule has 0 saturated carbocycles. The molecule has 36 heavy (non-hydrogen) atoms. The van der Waals surface area contributed by atoms with Crippen LogP contribution >= 0.6 is 12.2 Å². The molecule has 9 heteroatoms. The summed E-state index contributed by atoms with van der Waals surface area (Å²) in [6, 6.07) is 21.3. The van der Waals surface area contributed by atoms with Gasteiger partial charge < -0.3 is 20.1 Å². The highest BCUT2D eigenvalue weighted by Crippen LogP contribution is 2.39. The van der Waals surface area contributed by atoms with E-state index in [9.17, 15) is 13.6 Å². The van der Waals surface area contributed by atoms with Crippen LogP contribution in [0.25, 0.3) is 5.69 Å². The van der Waals surface area contributed by atoms with E-state index in [-0.39, 0.29) is 42.5 Å². The fourth-order valence-electron chi connectivity index (χ4n) is 4.47. The Hall–Kier alpha value is -4.11. The number of hydrogen-bond acceptors (Lipinski definition) is 3. The van der Waals surface area contributed by atoms with Gasteiger partial charge in [0.1, 0.15) is 11.6 Å². The third-order valence-electron chi connectivity index (χ3n) is 6.12. The minimum atomic E-state index is -0.500. The molecule has 182 valence electrons. The highest BCUT2D eigenvalue weighted by molar-refractivity contribution is 7.80. The third-order valence-corrected chi connectivity index (χ3v) is 6.47. The maximum Gasteiger partial charge on any atom is 0.226 e. The number of thiocarbonyl (C=S) groups is 1. The number of anilines is 1. The minimum Gasteiger partial charge on any atom is -0.352 e. The SMILES string of the molecule is O=C(CCN1C(=S)NC(c2ccccn2)C1c1cccn1-c1ccccc1F)Nc1ccccc1F. The normalized spacial score (nSPS) is 17.2. The van der Waals surface area contributed by atoms with Gasteiger partial charge in [0, 0.05) is 31.1 Å². The minimum absolute atomic E-state index is 0.0714. The smallest absolute Gasteiger partial charge is 0.226 e. The van der Waals surface area contributed by atoms with Gasteiger partial charge in [0.25, 0.3) is 0 Å². The van der Waals surface area contributed by atoms with E-state index in [1.54, 1.807) is 47.3 Å². The Morgan fingerprint density at radius 3 is 2.47 bits per heavy atom. The summed E-state index contributed by atoms with van der Waals surface area (Å²) in [5, 5.41) is 6.40. The summed E-state index contributed by atoms with van der Waals surface area (Å²) in [5.74, 6) is -1.19. The predicted octanol–water partition coefficient (Wildman–Crippen LogP) is 5.15. The van der Waals surface area contributed by atoms with Gasteiger partial charge in [0.2, 0.25) is 5.91 Å². The summed E-state index contributed by atoms with van der Waals surface area (Å²) >= 11 is 5.67. The van der Waals surface area contributed by atoms with Gasteiger partial charge in [0.05, 0.1) is 29.2 Å². The third kappa shape index (κ3) is 4.70. The lowest BCUT2D eigenvalue weighted by atomic mass is 10.0. The van der Waals surface area contributed by atoms with Crippen LogP contribution in [-0.4, -0.2) is 32.0 Å². The number of nitrogens with one attached hydrogen (secondary N) is 2. The zero-order valence-electron chi connectivity index (χ0n) is 19.1. The summed E-state index contributed by atoms with van der Waals surface area (Å²) in [5.41, 5.74) is 2.09. The van der Waals surface area contributed by atoms with Crippen LogP contribution in [0.1, 0.15) is 29.9 Å². The van der Waals surface area contributed by atoms with Crippen molar-refractivity contribution >= 4 is 28.9 Å². The molecule has 3 heterocycles. The van der Waals surface area contributed by atoms with Crippen molar-refractivity contribution in [3.63, 3.8) is 0 Å². The van der Waals surface area contributed by atoms with Crippen LogP contribution in [0.5, 0.6) is 0 Å². The van der Waals surface area contributed by atoms with Crippen LogP contribution in [0.3, 0.4) is 0 Å². The van der Waals surface area contributed by atoms with Gasteiger partial charge in [-0.1, -0.05) is 30.3 Å². The molecular formula is C27H23F2N5OS. The van der Waals surface area contributed by atoms with Crippen LogP contribution in [-0.2, 0) is 4.79 Å². The molecule has 1 fully saturated rings. The summed E-state index contributed by atoms with van der Waals surface area (Å²) < 4.78 is 30.5. The standard InChI is InChI=1S/C27H23F2N5OS/c28-18-8-1-3-10-20(18)31-24(35)14-17-34-26(25(32-27(34)36)21-11-5-6-15-30-21)23-13-7-16-33(23)22-12-4-2-9-19(22)29/h1-13,15-16,25-26H,14,17H2,(H,31,35)(H,32,36). The van der Waals surface area contributed by atoms with E-state index in [4.69, 9.17) is 12.2 Å². The number of benzene rings is 2. The topological polar surface area (TPSA) is 62.2 Å². The Balaban J connectivity index is 1.46. The van der Waals surface area contributed by atoms with Crippen molar-refractivity contribution < 1.29 is 13.6 Å². The van der Waals surface area contributed by atoms with Gasteiger partial charge >= 0.3 is 0 Å². The molecule has 0 bridgehead atoms. The molecule has 1 saturated heterocycles. The summed E-state index contributed by atoms with van der Waals surface area (Å²) in [6.07, 6.45) is 3.58. The molecule has 1 aliphatic rings. The summed E-state index contributed by atoms with van der Waals surface area (Å²) in [7, 11) is 0. The van der Waals surface area contributed by atoms with Crippen molar-refractivity contribution in [2.45, 2.75) is 18.5 Å². The number of carbonyl (C=O) groups excluding carboxylic acids is 1. The van der Waals surface area contributed by atoms with Crippen LogP contribution < -0.4 is 10.6 Å². The molecule has 5 rings (SSSR count). The number of amides is 1. The maximum absolute atomic E-state index is 14.7. The van der Waals surface area contributed by atoms with Crippen LogP contribution in [0, 0.1) is 11.6 Å². The fraction of sp³-hybridized carbons (Fsp3) is 0.148. The highest BCUT2D eigenvalue weighted by atomic mass is 32.1. The number of rotatable bonds is 7. The monoisotopic (exact) mass is 503 g/mol. The van der Waals surface area contributed by atoms with Crippen molar-refractivity contribution in [1.29, 1.82) is 0 Å². The van der Waals surface area contributed by atoms with Gasteiger partial charge in [-0.2, -0.15) is 0 Å². The molecule has 6 nitrogen and oxygen atoms in total. The van der Waals surface area contributed by atoms with Crippen molar-refractivity contribution in [2.24, 2.45) is 0 Å². The molecule has 2 aromatic heterocycles. The quantitative estimate of drug-likeness (QED) is 0.342. The second-order valence-electron chi connectivity index (χ2n) is 8.35. The van der Waals surface area contributed by atoms with E-state index in [2.05, 4.69) is 15.6 Å². The molecule has 2 unspecified atom stereocenters. The van der Waals surface area contributed by atoms with Gasteiger partial charge in [-0.15, -0.1) is 0 Å². The molecule has 1 aliphatic heterocycles. The molecule has 2 N–H and O–H groups in total. The number of aromatic nitrogens is 2. The van der Waals surface area contributed by atoms with E-state index in [0.717, 1.165) is 11.4 Å². The van der Waals surface area contributed by atoms with Crippen molar-refractivity contribution in [3.05, 3.63) is 114 Å². The molecule has 4 aromatic rings. The molecule has 1 amide bonds. The molecule has 0 spiro atoms. The van der Waals surface area contributed by atoms with E-state index in [0.29, 0.717) is 10.8 Å². The maximum atomic E-state index is 14.7. The van der Waals surface area contributed by atoms with E-state index in [1.165, 1.54) is 18.2 Å². The lowest BCUT2D eigenvalue weighted by Gasteiger charge is -2.29. The average Bonchev–Trinajstić information content (AvgIpc) is 3.49. The van der Waals surface area contributed by atoms with Gasteiger partial charge in [-0.05, 0) is 60.7 Å². The van der Waals surface area contributed by atoms with Gasteiger partial charge in [0.15, 0.2) is 5.11 Å². The first-order valence-corrected chi connectivity index (χ1v) is 11.9. The highest BCUT2D eigenvalue weighted by Gasteiger charge is 2.41. The van der Waals surface area contributed by atoms with Crippen LogP contribution in [0.15, 0.2) is 91.3 Å². The van der Waals surface area contributed by atoms with Gasteiger partial charge in [-0.25, -0.2) is 8.78 Å². The number of halogens is 2. The molecule has 0 aliphatic carbocycles. The summed E-state index contributed by atoms with van der Waals surface area (Å²) in [6.45, 7) is 0.266. The number of hydrogen-bond donors (Lipinski definition) is 2. The lowest BCUT2D eigenvalue weighted by Crippen LogP contribution is -2.33. The summed E-state index contributed by atoms with van der Waals surface area (Å²) in [4.78, 5) is 19.1. The Kier molecular flexibility index (Phi) is 6.73. The zero-order chi connectivity index (χ0) is 25.1. The van der Waals surface area contributed by atoms with Crippen LogP contribution in [0.4, 0.5) is 14.5 Å². The Morgan fingerprint density at radius 2 is 1.72 bits per heavy atom. The lowest BCUT2D eigenvalue weighted by molar-refractivity contribution is -0.116. The first kappa shape index (κ1) is 23.6. The Labute approximate surface area is 212 Å². The molecule has 2 atom stereocenters. The first-order chi connectivity index (χ1) is 17.5. The number of carbonyl (C=O) groups is 1.